The second kappa shape index (κ2) is 5.05. The average molecular weight is 303 g/mol. The van der Waals surface area contributed by atoms with Crippen molar-refractivity contribution in [3.63, 3.8) is 0 Å². The topological polar surface area (TPSA) is 57.9 Å². The number of rotatable bonds is 7. The molecule has 22 heavy (non-hydrogen) atoms. The van der Waals surface area contributed by atoms with E-state index in [0.29, 0.717) is 12.5 Å². The SMILES string of the molecule is C=CCn1c(O)c2c(c1O)C1C(CCCCCC)C2C2OC21. The molecule has 1 aromatic heterocycles. The van der Waals surface area contributed by atoms with Crippen LogP contribution < -0.4 is 0 Å². The lowest BCUT2D eigenvalue weighted by atomic mass is 9.88. The monoisotopic (exact) mass is 303 g/mol. The van der Waals surface area contributed by atoms with Crippen LogP contribution in [0.15, 0.2) is 12.7 Å². The number of hydrogen-bond donors (Lipinski definition) is 2. The second-order valence-electron chi connectivity index (χ2n) is 7.00. The van der Waals surface area contributed by atoms with Crippen molar-refractivity contribution in [2.24, 2.45) is 5.92 Å². The number of unbranched alkanes of at least 4 members (excludes halogenated alkanes) is 3. The van der Waals surface area contributed by atoms with Crippen molar-refractivity contribution in [1.29, 1.82) is 0 Å². The van der Waals surface area contributed by atoms with Crippen molar-refractivity contribution in [2.75, 3.05) is 0 Å². The molecule has 4 nitrogen and oxygen atoms in total. The summed E-state index contributed by atoms with van der Waals surface area (Å²) in [6, 6.07) is 0. The van der Waals surface area contributed by atoms with Crippen molar-refractivity contribution in [2.45, 2.75) is 69.6 Å². The van der Waals surface area contributed by atoms with Crippen molar-refractivity contribution in [3.8, 4) is 11.8 Å². The van der Waals surface area contributed by atoms with E-state index in [2.05, 4.69) is 13.5 Å². The van der Waals surface area contributed by atoms with Gasteiger partial charge in [-0.2, -0.15) is 0 Å². The van der Waals surface area contributed by atoms with E-state index in [1.165, 1.54) is 32.1 Å². The third-order valence-corrected chi connectivity index (χ3v) is 5.84. The van der Waals surface area contributed by atoms with Gasteiger partial charge in [0.2, 0.25) is 0 Å². The molecule has 0 amide bonds. The number of allylic oxidation sites excluding steroid dienone is 1. The Morgan fingerprint density at radius 3 is 2.27 bits per heavy atom. The Bertz CT molecular complexity index is 566. The molecule has 2 aliphatic carbocycles. The van der Waals surface area contributed by atoms with Crippen molar-refractivity contribution < 1.29 is 14.9 Å². The number of aromatic nitrogens is 1. The largest absolute Gasteiger partial charge is 0.494 e. The molecule has 4 heteroatoms. The highest BCUT2D eigenvalue weighted by molar-refractivity contribution is 5.59. The summed E-state index contributed by atoms with van der Waals surface area (Å²) in [5.41, 5.74) is 1.92. The van der Waals surface area contributed by atoms with Crippen LogP contribution in [0.25, 0.3) is 0 Å². The molecule has 0 spiro atoms. The molecule has 1 aliphatic heterocycles. The maximum absolute atomic E-state index is 10.5. The summed E-state index contributed by atoms with van der Waals surface area (Å²) in [5.74, 6) is 1.56. The van der Waals surface area contributed by atoms with Gasteiger partial charge in [-0.1, -0.05) is 38.7 Å². The molecule has 2 heterocycles. The van der Waals surface area contributed by atoms with Crippen LogP contribution in [0, 0.1) is 5.92 Å². The number of nitrogens with zero attached hydrogens (tertiary/aromatic N) is 1. The van der Waals surface area contributed by atoms with Crippen LogP contribution >= 0.6 is 0 Å². The van der Waals surface area contributed by atoms with E-state index in [4.69, 9.17) is 4.74 Å². The van der Waals surface area contributed by atoms with Crippen LogP contribution in [0.2, 0.25) is 0 Å². The molecule has 120 valence electrons. The Hall–Kier alpha value is -1.42. The lowest BCUT2D eigenvalue weighted by molar-refractivity contribution is 0.222. The molecule has 4 unspecified atom stereocenters. The summed E-state index contributed by atoms with van der Waals surface area (Å²) < 4.78 is 7.38. The van der Waals surface area contributed by atoms with Gasteiger partial charge in [-0.25, -0.2) is 0 Å². The lowest BCUT2D eigenvalue weighted by Crippen LogP contribution is -2.12. The number of ether oxygens (including phenoxy) is 1. The number of aromatic hydroxyl groups is 2. The molecule has 1 saturated heterocycles. The highest BCUT2D eigenvalue weighted by Crippen LogP contribution is 2.70. The van der Waals surface area contributed by atoms with Crippen molar-refractivity contribution >= 4 is 0 Å². The van der Waals surface area contributed by atoms with Gasteiger partial charge >= 0.3 is 0 Å². The van der Waals surface area contributed by atoms with Crippen LogP contribution in [-0.4, -0.2) is 27.0 Å². The Morgan fingerprint density at radius 1 is 1.09 bits per heavy atom. The first-order valence-electron chi connectivity index (χ1n) is 8.61. The smallest absolute Gasteiger partial charge is 0.198 e. The first kappa shape index (κ1) is 14.2. The van der Waals surface area contributed by atoms with Crippen molar-refractivity contribution in [3.05, 3.63) is 23.8 Å². The van der Waals surface area contributed by atoms with Gasteiger partial charge in [0.1, 0.15) is 0 Å². The van der Waals surface area contributed by atoms with Gasteiger partial charge in [-0.15, -0.1) is 6.58 Å². The fourth-order valence-electron chi connectivity index (χ4n) is 4.94. The van der Waals surface area contributed by atoms with Crippen LogP contribution in [0.3, 0.4) is 0 Å². The lowest BCUT2D eigenvalue weighted by Gasteiger charge is -2.20. The molecule has 0 radical (unpaired) electrons. The van der Waals surface area contributed by atoms with Crippen LogP contribution in [-0.2, 0) is 11.3 Å². The molecule has 2 N–H and O–H groups in total. The molecular weight excluding hydrogens is 278 g/mol. The van der Waals surface area contributed by atoms with Crippen LogP contribution in [0.1, 0.15) is 62.0 Å². The Kier molecular flexibility index (Phi) is 3.26. The summed E-state index contributed by atoms with van der Waals surface area (Å²) in [4.78, 5) is 0. The maximum atomic E-state index is 10.5. The highest BCUT2D eigenvalue weighted by atomic mass is 16.6. The van der Waals surface area contributed by atoms with Crippen molar-refractivity contribution in [1.82, 2.24) is 4.57 Å². The summed E-state index contributed by atoms with van der Waals surface area (Å²) in [5, 5.41) is 21.1. The minimum Gasteiger partial charge on any atom is -0.494 e. The van der Waals surface area contributed by atoms with Gasteiger partial charge in [-0.05, 0) is 12.3 Å². The summed E-state index contributed by atoms with van der Waals surface area (Å²) >= 11 is 0. The summed E-state index contributed by atoms with van der Waals surface area (Å²) in [6.45, 7) is 6.38. The number of fused-ring (bicyclic) bond motifs is 8. The molecular formula is C18H25NO3. The predicted molar refractivity (Wildman–Crippen MR) is 84.4 cm³/mol. The molecule has 2 bridgehead atoms. The Morgan fingerprint density at radius 2 is 1.73 bits per heavy atom. The molecule has 3 aliphatic rings. The van der Waals surface area contributed by atoms with E-state index in [9.17, 15) is 10.2 Å². The van der Waals surface area contributed by atoms with Gasteiger partial charge < -0.3 is 14.9 Å². The summed E-state index contributed by atoms with van der Waals surface area (Å²) in [7, 11) is 0. The Labute approximate surface area is 131 Å². The zero-order valence-electron chi connectivity index (χ0n) is 13.2. The maximum Gasteiger partial charge on any atom is 0.198 e. The fourth-order valence-corrected chi connectivity index (χ4v) is 4.94. The predicted octanol–water partition coefficient (Wildman–Crippen LogP) is 3.63. The molecule has 1 saturated carbocycles. The quantitative estimate of drug-likeness (QED) is 0.459. The van der Waals surface area contributed by atoms with Gasteiger partial charge in [0, 0.05) is 29.5 Å². The zero-order chi connectivity index (χ0) is 15.4. The first-order chi connectivity index (χ1) is 10.7. The summed E-state index contributed by atoms with van der Waals surface area (Å²) in [6.07, 6.45) is 8.50. The van der Waals surface area contributed by atoms with E-state index < -0.39 is 0 Å². The molecule has 1 aromatic rings. The minimum absolute atomic E-state index is 0.229. The fraction of sp³-hybridized carbons (Fsp3) is 0.667. The molecule has 4 rings (SSSR count). The van der Waals surface area contributed by atoms with E-state index in [1.807, 2.05) is 0 Å². The van der Waals surface area contributed by atoms with Gasteiger partial charge in [0.15, 0.2) is 11.8 Å². The number of hydrogen-bond acceptors (Lipinski definition) is 3. The zero-order valence-corrected chi connectivity index (χ0v) is 13.2. The molecule has 2 fully saturated rings. The Balaban J connectivity index is 1.61. The van der Waals surface area contributed by atoms with E-state index >= 15 is 0 Å². The normalized spacial score (nSPS) is 33.8. The highest BCUT2D eigenvalue weighted by Gasteiger charge is 2.69. The van der Waals surface area contributed by atoms with E-state index in [0.717, 1.165) is 11.1 Å². The third kappa shape index (κ3) is 1.73. The number of epoxide rings is 1. The minimum atomic E-state index is 0.229. The van der Waals surface area contributed by atoms with E-state index in [-0.39, 0.29) is 35.8 Å². The van der Waals surface area contributed by atoms with Gasteiger partial charge in [0.05, 0.1) is 12.2 Å². The third-order valence-electron chi connectivity index (χ3n) is 5.84. The molecule has 0 aromatic carbocycles. The van der Waals surface area contributed by atoms with Gasteiger partial charge in [-0.3, -0.25) is 4.57 Å². The second-order valence-corrected chi connectivity index (χ2v) is 7.00. The van der Waals surface area contributed by atoms with Crippen LogP contribution in [0.5, 0.6) is 11.8 Å². The molecule has 4 atom stereocenters. The first-order valence-corrected chi connectivity index (χ1v) is 8.61. The van der Waals surface area contributed by atoms with E-state index in [1.54, 1.807) is 10.6 Å². The van der Waals surface area contributed by atoms with Gasteiger partial charge in [0.25, 0.3) is 0 Å². The standard InChI is InChI=1S/C18H25NO3/c1-3-5-6-7-8-10-11-13-14(12(10)16-15(11)22-16)18(21)19(9-4-2)17(13)20/h4,10-12,15-16,20-21H,2-3,5-9H2,1H3. The van der Waals surface area contributed by atoms with Crippen LogP contribution in [0.4, 0.5) is 0 Å². The average Bonchev–Trinajstić information content (AvgIpc) is 3.11.